The Kier molecular flexibility index (Phi) is 5.74. The smallest absolute Gasteiger partial charge is 0.173 e. The Morgan fingerprint density at radius 2 is 2.14 bits per heavy atom. The second-order valence-corrected chi connectivity index (χ2v) is 6.64. The minimum atomic E-state index is -0.0580. The van der Waals surface area contributed by atoms with E-state index >= 15 is 0 Å². The van der Waals surface area contributed by atoms with Crippen LogP contribution in [-0.4, -0.2) is 62.2 Å². The third-order valence-electron chi connectivity index (χ3n) is 4.29. The van der Waals surface area contributed by atoms with Crippen LogP contribution in [0, 0.1) is 0 Å². The highest BCUT2D eigenvalue weighted by molar-refractivity contribution is 7.80. The lowest BCUT2D eigenvalue weighted by atomic mass is 10.3. The van der Waals surface area contributed by atoms with Gasteiger partial charge in [0.15, 0.2) is 5.11 Å². The molecule has 1 atom stereocenters. The highest BCUT2D eigenvalue weighted by Gasteiger charge is 2.23. The topological polar surface area (TPSA) is 77.3 Å². The van der Waals surface area contributed by atoms with Gasteiger partial charge < -0.3 is 19.7 Å². The fourth-order valence-electron chi connectivity index (χ4n) is 2.87. The highest BCUT2D eigenvalue weighted by Crippen LogP contribution is 2.16. The predicted molar refractivity (Wildman–Crippen MR) is 109 cm³/mol. The lowest BCUT2D eigenvalue weighted by Gasteiger charge is -2.34. The summed E-state index contributed by atoms with van der Waals surface area (Å²) in [5, 5.41) is 7.98. The molecule has 1 aliphatic rings. The molecule has 9 heteroatoms. The highest BCUT2D eigenvalue weighted by atomic mass is 32.1. The first-order chi connectivity index (χ1) is 13.8. The molecule has 8 nitrogen and oxygen atoms in total. The lowest BCUT2D eigenvalue weighted by Crippen LogP contribution is -2.49. The number of rotatable bonds is 5. The van der Waals surface area contributed by atoms with Crippen LogP contribution < -0.4 is 10.1 Å². The van der Waals surface area contributed by atoms with Crippen LogP contribution in [0.25, 0.3) is 5.69 Å². The van der Waals surface area contributed by atoms with Gasteiger partial charge in [-0.05, 0) is 48.6 Å². The Morgan fingerprint density at radius 1 is 1.25 bits per heavy atom. The van der Waals surface area contributed by atoms with E-state index in [0.717, 1.165) is 23.7 Å². The third-order valence-corrected chi connectivity index (χ3v) is 4.65. The van der Waals surface area contributed by atoms with Crippen LogP contribution in [0.3, 0.4) is 0 Å². The van der Waals surface area contributed by atoms with Crippen molar-refractivity contribution in [3.63, 3.8) is 0 Å². The Labute approximate surface area is 168 Å². The first kappa shape index (κ1) is 18.3. The number of pyridine rings is 1. The van der Waals surface area contributed by atoms with Gasteiger partial charge >= 0.3 is 0 Å². The third kappa shape index (κ3) is 4.62. The van der Waals surface area contributed by atoms with Crippen molar-refractivity contribution in [2.75, 3.05) is 31.6 Å². The first-order valence-electron chi connectivity index (χ1n) is 8.93. The standard InChI is InChI=1S/C19H20N6O2S/c28-19(23-15-2-1-7-20-10-15)24-8-9-26-18(11-24)12-27-17-5-3-16(4-6-17)25-14-21-13-22-25/h1-7,10,13-14,18H,8-9,11-12H2,(H,23,28). The van der Waals surface area contributed by atoms with Crippen LogP contribution in [0.1, 0.15) is 0 Å². The molecule has 1 fully saturated rings. The molecule has 1 aliphatic heterocycles. The van der Waals surface area contributed by atoms with Gasteiger partial charge in [-0.3, -0.25) is 4.98 Å². The van der Waals surface area contributed by atoms with E-state index < -0.39 is 0 Å². The van der Waals surface area contributed by atoms with E-state index in [-0.39, 0.29) is 6.10 Å². The molecule has 0 aliphatic carbocycles. The van der Waals surface area contributed by atoms with Crippen molar-refractivity contribution < 1.29 is 9.47 Å². The number of nitrogens with one attached hydrogen (secondary N) is 1. The van der Waals surface area contributed by atoms with Gasteiger partial charge in [0.1, 0.15) is 31.1 Å². The van der Waals surface area contributed by atoms with Crippen molar-refractivity contribution >= 4 is 23.0 Å². The molecule has 3 aromatic rings. The number of ether oxygens (including phenoxy) is 2. The summed E-state index contributed by atoms with van der Waals surface area (Å²) < 4.78 is 13.4. The molecule has 2 aromatic heterocycles. The van der Waals surface area contributed by atoms with E-state index in [9.17, 15) is 0 Å². The molecule has 1 N–H and O–H groups in total. The van der Waals surface area contributed by atoms with Gasteiger partial charge in [-0.1, -0.05) is 0 Å². The summed E-state index contributed by atoms with van der Waals surface area (Å²) in [6.07, 6.45) is 6.58. The van der Waals surface area contributed by atoms with Crippen molar-refractivity contribution in [1.82, 2.24) is 24.6 Å². The molecule has 0 saturated carbocycles. The molecule has 3 heterocycles. The van der Waals surface area contributed by atoms with Crippen LogP contribution in [0.2, 0.25) is 0 Å². The number of hydrogen-bond donors (Lipinski definition) is 1. The summed E-state index contributed by atoms with van der Waals surface area (Å²) in [5.74, 6) is 0.778. The Balaban J connectivity index is 1.28. The average Bonchev–Trinajstić information content (AvgIpc) is 3.28. The monoisotopic (exact) mass is 396 g/mol. The molecule has 1 saturated heterocycles. The minimum Gasteiger partial charge on any atom is -0.491 e. The van der Waals surface area contributed by atoms with E-state index in [1.807, 2.05) is 36.4 Å². The maximum absolute atomic E-state index is 5.89. The number of anilines is 1. The Hall–Kier alpha value is -3.04. The quantitative estimate of drug-likeness (QED) is 0.658. The second kappa shape index (κ2) is 8.77. The zero-order valence-corrected chi connectivity index (χ0v) is 16.0. The summed E-state index contributed by atoms with van der Waals surface area (Å²) >= 11 is 5.52. The normalized spacial score (nSPS) is 16.6. The molecule has 1 unspecified atom stereocenters. The van der Waals surface area contributed by atoms with Crippen LogP contribution in [0.15, 0.2) is 61.4 Å². The van der Waals surface area contributed by atoms with Crippen LogP contribution in [-0.2, 0) is 4.74 Å². The maximum atomic E-state index is 5.89. The first-order valence-corrected chi connectivity index (χ1v) is 9.34. The fraction of sp³-hybridized carbons (Fsp3) is 0.263. The van der Waals surface area contributed by atoms with Gasteiger partial charge in [0.2, 0.25) is 0 Å². The van der Waals surface area contributed by atoms with Crippen LogP contribution in [0.5, 0.6) is 5.75 Å². The summed E-state index contributed by atoms with van der Waals surface area (Å²) in [4.78, 5) is 10.1. The Bertz CT molecular complexity index is 889. The molecular formula is C19H20N6O2S. The molecular weight excluding hydrogens is 376 g/mol. The van der Waals surface area contributed by atoms with E-state index in [0.29, 0.717) is 24.9 Å². The fourth-order valence-corrected chi connectivity index (χ4v) is 3.15. The zero-order valence-electron chi connectivity index (χ0n) is 15.1. The molecule has 1 aromatic carbocycles. The van der Waals surface area contributed by atoms with Gasteiger partial charge in [-0.25, -0.2) is 9.67 Å². The van der Waals surface area contributed by atoms with Gasteiger partial charge in [0, 0.05) is 19.3 Å². The molecule has 28 heavy (non-hydrogen) atoms. The van der Waals surface area contributed by atoms with Crippen molar-refractivity contribution in [3.05, 3.63) is 61.4 Å². The van der Waals surface area contributed by atoms with Crippen molar-refractivity contribution in [2.24, 2.45) is 0 Å². The predicted octanol–water partition coefficient (Wildman–Crippen LogP) is 2.14. The molecule has 144 valence electrons. The van der Waals surface area contributed by atoms with Gasteiger partial charge in [-0.15, -0.1) is 0 Å². The number of benzene rings is 1. The molecule has 0 amide bonds. The van der Waals surface area contributed by atoms with Crippen LogP contribution >= 0.6 is 12.2 Å². The summed E-state index contributed by atoms with van der Waals surface area (Å²) in [6.45, 7) is 2.47. The van der Waals surface area contributed by atoms with Crippen molar-refractivity contribution in [3.8, 4) is 11.4 Å². The van der Waals surface area contributed by atoms with Gasteiger partial charge in [0.05, 0.1) is 24.2 Å². The largest absolute Gasteiger partial charge is 0.491 e. The summed E-state index contributed by atoms with van der Waals surface area (Å²) in [6, 6.07) is 11.5. The minimum absolute atomic E-state index is 0.0580. The summed E-state index contributed by atoms with van der Waals surface area (Å²) in [5.41, 5.74) is 1.80. The number of thiocarbonyl (C=S) groups is 1. The molecule has 0 radical (unpaired) electrons. The number of nitrogens with zero attached hydrogens (tertiary/aromatic N) is 5. The average molecular weight is 396 g/mol. The number of aromatic nitrogens is 4. The van der Waals surface area contributed by atoms with E-state index in [1.165, 1.54) is 6.33 Å². The second-order valence-electron chi connectivity index (χ2n) is 6.26. The van der Waals surface area contributed by atoms with Crippen LogP contribution in [0.4, 0.5) is 5.69 Å². The van der Waals surface area contributed by atoms with Gasteiger partial charge in [-0.2, -0.15) is 5.10 Å². The zero-order chi connectivity index (χ0) is 19.2. The van der Waals surface area contributed by atoms with Gasteiger partial charge in [0.25, 0.3) is 0 Å². The van der Waals surface area contributed by atoms with Crippen molar-refractivity contribution in [1.29, 1.82) is 0 Å². The molecule has 0 bridgehead atoms. The van der Waals surface area contributed by atoms with E-state index in [4.69, 9.17) is 21.7 Å². The van der Waals surface area contributed by atoms with Crippen molar-refractivity contribution in [2.45, 2.75) is 6.10 Å². The SMILES string of the molecule is S=C(Nc1cccnc1)N1CCOC(COc2ccc(-n3cncn3)cc2)C1. The van der Waals surface area contributed by atoms with E-state index in [1.54, 1.807) is 23.4 Å². The number of morpholine rings is 1. The molecule has 0 spiro atoms. The maximum Gasteiger partial charge on any atom is 0.173 e. The number of hydrogen-bond acceptors (Lipinski definition) is 6. The Morgan fingerprint density at radius 3 is 2.89 bits per heavy atom. The lowest BCUT2D eigenvalue weighted by molar-refractivity contribution is -0.0280. The molecule has 4 rings (SSSR count). The summed E-state index contributed by atoms with van der Waals surface area (Å²) in [7, 11) is 0. The van der Waals surface area contributed by atoms with E-state index in [2.05, 4.69) is 25.3 Å².